The Morgan fingerprint density at radius 2 is 2.26 bits per heavy atom. The van der Waals surface area contributed by atoms with Crippen molar-refractivity contribution in [3.05, 3.63) is 24.5 Å². The van der Waals surface area contributed by atoms with Crippen LogP contribution in [0.3, 0.4) is 0 Å². The zero-order valence-electron chi connectivity index (χ0n) is 11.2. The monoisotopic (exact) mass is 265 g/mol. The summed E-state index contributed by atoms with van der Waals surface area (Å²) in [5.41, 5.74) is 0.707. The standard InChI is InChI=1S/C13H19N3O3/c1-10(5-6-12(17)18)8-15-13(19)16(2)11-4-3-7-14-9-11/h3-4,7,9-10H,5-6,8H2,1-2H3,(H,15,19)(H,17,18). The number of hydrogen-bond acceptors (Lipinski definition) is 3. The fraction of sp³-hybridized carbons (Fsp3) is 0.462. The molecule has 0 radical (unpaired) electrons. The Kier molecular flexibility index (Phi) is 5.78. The van der Waals surface area contributed by atoms with Crippen molar-refractivity contribution >= 4 is 17.7 Å². The number of amides is 2. The quantitative estimate of drug-likeness (QED) is 0.820. The Morgan fingerprint density at radius 1 is 1.53 bits per heavy atom. The van der Waals surface area contributed by atoms with E-state index in [0.717, 1.165) is 0 Å². The van der Waals surface area contributed by atoms with E-state index in [4.69, 9.17) is 5.11 Å². The van der Waals surface area contributed by atoms with E-state index < -0.39 is 5.97 Å². The minimum atomic E-state index is -0.814. The number of anilines is 1. The number of nitrogens with one attached hydrogen (secondary N) is 1. The summed E-state index contributed by atoms with van der Waals surface area (Å²) in [6.07, 6.45) is 3.92. The van der Waals surface area contributed by atoms with Crippen LogP contribution in [0.5, 0.6) is 0 Å². The fourth-order valence-corrected chi connectivity index (χ4v) is 1.52. The second-order valence-electron chi connectivity index (χ2n) is 4.49. The zero-order valence-corrected chi connectivity index (χ0v) is 11.2. The van der Waals surface area contributed by atoms with Gasteiger partial charge in [-0.2, -0.15) is 0 Å². The molecule has 0 fully saturated rings. The van der Waals surface area contributed by atoms with Gasteiger partial charge < -0.3 is 10.4 Å². The van der Waals surface area contributed by atoms with Gasteiger partial charge in [0.05, 0.1) is 11.9 Å². The Bertz CT molecular complexity index is 422. The molecule has 0 aliphatic rings. The lowest BCUT2D eigenvalue weighted by Crippen LogP contribution is -2.39. The highest BCUT2D eigenvalue weighted by molar-refractivity contribution is 5.91. The fourth-order valence-electron chi connectivity index (χ4n) is 1.52. The van der Waals surface area contributed by atoms with E-state index in [0.29, 0.717) is 18.7 Å². The maximum atomic E-state index is 11.9. The van der Waals surface area contributed by atoms with Gasteiger partial charge in [0.1, 0.15) is 0 Å². The molecule has 0 aromatic carbocycles. The molecule has 19 heavy (non-hydrogen) atoms. The summed E-state index contributed by atoms with van der Waals surface area (Å²) in [6.45, 7) is 2.37. The largest absolute Gasteiger partial charge is 0.481 e. The molecule has 0 spiro atoms. The number of carboxylic acids is 1. The number of hydrogen-bond donors (Lipinski definition) is 2. The molecule has 0 aliphatic heterocycles. The normalized spacial score (nSPS) is 11.7. The van der Waals surface area contributed by atoms with Gasteiger partial charge in [-0.25, -0.2) is 4.79 Å². The molecule has 0 saturated heterocycles. The van der Waals surface area contributed by atoms with Crippen LogP contribution in [0.1, 0.15) is 19.8 Å². The molecule has 0 bridgehead atoms. The summed E-state index contributed by atoms with van der Waals surface area (Å²) in [5.74, 6) is -0.687. The second kappa shape index (κ2) is 7.35. The third-order valence-corrected chi connectivity index (χ3v) is 2.79. The number of aromatic nitrogens is 1. The van der Waals surface area contributed by atoms with Crippen LogP contribution in [0, 0.1) is 5.92 Å². The first kappa shape index (κ1) is 14.9. The maximum Gasteiger partial charge on any atom is 0.321 e. The smallest absolute Gasteiger partial charge is 0.321 e. The molecule has 1 atom stereocenters. The van der Waals surface area contributed by atoms with E-state index >= 15 is 0 Å². The zero-order chi connectivity index (χ0) is 14.3. The predicted octanol–water partition coefficient (Wildman–Crippen LogP) is 1.73. The molecular weight excluding hydrogens is 246 g/mol. The molecule has 1 rings (SSSR count). The molecule has 1 aromatic rings. The average Bonchev–Trinajstić information content (AvgIpc) is 2.42. The van der Waals surface area contributed by atoms with Gasteiger partial charge in [-0.3, -0.25) is 14.7 Å². The number of rotatable bonds is 6. The number of carbonyl (C=O) groups is 2. The highest BCUT2D eigenvalue weighted by Crippen LogP contribution is 2.09. The molecule has 0 saturated carbocycles. The van der Waals surface area contributed by atoms with Crippen molar-refractivity contribution in [1.29, 1.82) is 0 Å². The van der Waals surface area contributed by atoms with Gasteiger partial charge in [0.25, 0.3) is 0 Å². The molecule has 6 heteroatoms. The lowest BCUT2D eigenvalue weighted by Gasteiger charge is -2.19. The van der Waals surface area contributed by atoms with Gasteiger partial charge in [-0.05, 0) is 24.5 Å². The molecule has 2 amide bonds. The summed E-state index contributed by atoms with van der Waals surface area (Å²) in [5, 5.41) is 11.3. The van der Waals surface area contributed by atoms with Gasteiger partial charge in [-0.15, -0.1) is 0 Å². The first-order valence-electron chi connectivity index (χ1n) is 6.14. The number of carbonyl (C=O) groups excluding carboxylic acids is 1. The summed E-state index contributed by atoms with van der Waals surface area (Å²) >= 11 is 0. The molecule has 6 nitrogen and oxygen atoms in total. The summed E-state index contributed by atoms with van der Waals surface area (Å²) in [6, 6.07) is 3.32. The number of carboxylic acid groups (broad SMARTS) is 1. The highest BCUT2D eigenvalue weighted by Gasteiger charge is 2.12. The maximum absolute atomic E-state index is 11.9. The van der Waals surface area contributed by atoms with E-state index in [1.807, 2.05) is 6.92 Å². The van der Waals surface area contributed by atoms with Crippen molar-refractivity contribution in [3.8, 4) is 0 Å². The summed E-state index contributed by atoms with van der Waals surface area (Å²) in [7, 11) is 1.66. The van der Waals surface area contributed by atoms with E-state index in [9.17, 15) is 9.59 Å². The molecular formula is C13H19N3O3. The third-order valence-electron chi connectivity index (χ3n) is 2.79. The number of pyridine rings is 1. The number of nitrogens with zero attached hydrogens (tertiary/aromatic N) is 2. The molecule has 104 valence electrons. The van der Waals surface area contributed by atoms with Crippen molar-refractivity contribution in [2.24, 2.45) is 5.92 Å². The Labute approximate surface area is 112 Å². The van der Waals surface area contributed by atoms with Crippen LogP contribution >= 0.6 is 0 Å². The van der Waals surface area contributed by atoms with Gasteiger partial charge in [0.15, 0.2) is 0 Å². The Balaban J connectivity index is 2.37. The van der Waals surface area contributed by atoms with E-state index in [1.165, 1.54) is 4.90 Å². The first-order chi connectivity index (χ1) is 9.00. The van der Waals surface area contributed by atoms with Gasteiger partial charge in [0.2, 0.25) is 0 Å². The minimum Gasteiger partial charge on any atom is -0.481 e. The van der Waals surface area contributed by atoms with Gasteiger partial charge in [-0.1, -0.05) is 6.92 Å². The van der Waals surface area contributed by atoms with Crippen molar-refractivity contribution < 1.29 is 14.7 Å². The molecule has 1 unspecified atom stereocenters. The minimum absolute atomic E-state index is 0.121. The van der Waals surface area contributed by atoms with Crippen LogP contribution < -0.4 is 10.2 Å². The number of aliphatic carboxylic acids is 1. The van der Waals surface area contributed by atoms with Crippen LogP contribution in [0.25, 0.3) is 0 Å². The van der Waals surface area contributed by atoms with Crippen LogP contribution in [0.2, 0.25) is 0 Å². The lowest BCUT2D eigenvalue weighted by molar-refractivity contribution is -0.137. The summed E-state index contributed by atoms with van der Waals surface area (Å²) in [4.78, 5) is 27.7. The van der Waals surface area contributed by atoms with Crippen molar-refractivity contribution in [2.45, 2.75) is 19.8 Å². The first-order valence-corrected chi connectivity index (χ1v) is 6.14. The van der Waals surface area contributed by atoms with E-state index in [-0.39, 0.29) is 18.4 Å². The number of urea groups is 1. The van der Waals surface area contributed by atoms with Gasteiger partial charge in [0, 0.05) is 26.2 Å². The van der Waals surface area contributed by atoms with Crippen LogP contribution in [0.4, 0.5) is 10.5 Å². The van der Waals surface area contributed by atoms with Gasteiger partial charge >= 0.3 is 12.0 Å². The van der Waals surface area contributed by atoms with E-state index in [2.05, 4.69) is 10.3 Å². The molecule has 0 aliphatic carbocycles. The van der Waals surface area contributed by atoms with Crippen LogP contribution in [0.15, 0.2) is 24.5 Å². The summed E-state index contributed by atoms with van der Waals surface area (Å²) < 4.78 is 0. The second-order valence-corrected chi connectivity index (χ2v) is 4.49. The highest BCUT2D eigenvalue weighted by atomic mass is 16.4. The van der Waals surface area contributed by atoms with Crippen LogP contribution in [-0.2, 0) is 4.79 Å². The predicted molar refractivity (Wildman–Crippen MR) is 72.1 cm³/mol. The van der Waals surface area contributed by atoms with Crippen LogP contribution in [-0.4, -0.2) is 35.7 Å². The Hall–Kier alpha value is -2.11. The Morgan fingerprint density at radius 3 is 2.84 bits per heavy atom. The topological polar surface area (TPSA) is 82.5 Å². The third kappa shape index (κ3) is 5.37. The molecule has 1 heterocycles. The van der Waals surface area contributed by atoms with Crippen molar-refractivity contribution in [3.63, 3.8) is 0 Å². The van der Waals surface area contributed by atoms with Crippen molar-refractivity contribution in [1.82, 2.24) is 10.3 Å². The average molecular weight is 265 g/mol. The molecule has 2 N–H and O–H groups in total. The van der Waals surface area contributed by atoms with Crippen molar-refractivity contribution in [2.75, 3.05) is 18.5 Å². The molecule has 1 aromatic heterocycles. The SMILES string of the molecule is CC(CCC(=O)O)CNC(=O)N(C)c1cccnc1. The van der Waals surface area contributed by atoms with E-state index in [1.54, 1.807) is 31.6 Å². The lowest BCUT2D eigenvalue weighted by atomic mass is 10.1.